The number of halogens is 1. The predicted molar refractivity (Wildman–Crippen MR) is 44.4 cm³/mol. The summed E-state index contributed by atoms with van der Waals surface area (Å²) in [4.78, 5) is 13.8. The van der Waals surface area contributed by atoms with Crippen LogP contribution in [0.15, 0.2) is 4.99 Å². The van der Waals surface area contributed by atoms with Crippen LogP contribution in [-0.4, -0.2) is 17.3 Å². The first kappa shape index (κ1) is 9.40. The Hall–Kier alpha value is -0.690. The molecule has 1 aliphatic rings. The second-order valence-corrected chi connectivity index (χ2v) is 4.23. The van der Waals surface area contributed by atoms with Crippen molar-refractivity contribution in [1.29, 1.82) is 0 Å². The molecule has 0 aromatic rings. The fourth-order valence-electron chi connectivity index (χ4n) is 1.93. The molecular formula is C9H14FNO. The first-order chi connectivity index (χ1) is 5.42. The van der Waals surface area contributed by atoms with Crippen LogP contribution >= 0.6 is 0 Å². The smallest absolute Gasteiger partial charge is 0.235 e. The largest absolute Gasteiger partial charge is 0.244 e. The van der Waals surface area contributed by atoms with E-state index in [0.717, 1.165) is 0 Å². The lowest BCUT2D eigenvalue weighted by Gasteiger charge is -2.49. The summed E-state index contributed by atoms with van der Waals surface area (Å²) in [5.74, 6) is 0.211. The highest BCUT2D eigenvalue weighted by Crippen LogP contribution is 2.50. The van der Waals surface area contributed by atoms with Crippen molar-refractivity contribution in [3.63, 3.8) is 0 Å². The molecule has 3 heteroatoms. The van der Waals surface area contributed by atoms with Gasteiger partial charge in [0.25, 0.3) is 0 Å². The summed E-state index contributed by atoms with van der Waals surface area (Å²) in [6.45, 7) is 5.46. The van der Waals surface area contributed by atoms with Gasteiger partial charge in [-0.25, -0.2) is 9.18 Å². The Morgan fingerprint density at radius 1 is 1.50 bits per heavy atom. The van der Waals surface area contributed by atoms with Gasteiger partial charge in [0.05, 0.1) is 5.54 Å². The van der Waals surface area contributed by atoms with Gasteiger partial charge < -0.3 is 0 Å². The van der Waals surface area contributed by atoms with Crippen molar-refractivity contribution >= 4 is 6.08 Å². The first-order valence-electron chi connectivity index (χ1n) is 4.20. The Kier molecular flexibility index (Phi) is 2.09. The fourth-order valence-corrected chi connectivity index (χ4v) is 1.93. The molecule has 0 amide bonds. The molecule has 68 valence electrons. The van der Waals surface area contributed by atoms with E-state index in [1.165, 1.54) is 6.08 Å². The van der Waals surface area contributed by atoms with Gasteiger partial charge >= 0.3 is 0 Å². The second kappa shape index (κ2) is 2.67. The molecule has 0 atom stereocenters. The molecule has 0 aromatic carbocycles. The standard InChI is InChI=1S/C9H14FNO/c1-7(2)9(11-6-12)4-8(3,10)5-9/h7H,4-5H2,1-3H3. The van der Waals surface area contributed by atoms with Crippen LogP contribution in [0.25, 0.3) is 0 Å². The van der Waals surface area contributed by atoms with E-state index in [0.29, 0.717) is 12.8 Å². The molecule has 2 nitrogen and oxygen atoms in total. The molecule has 1 saturated carbocycles. The molecule has 0 N–H and O–H groups in total. The van der Waals surface area contributed by atoms with Gasteiger partial charge in [-0.15, -0.1) is 0 Å². The average molecular weight is 171 g/mol. The lowest BCUT2D eigenvalue weighted by Crippen LogP contribution is -2.54. The zero-order valence-corrected chi connectivity index (χ0v) is 7.72. The summed E-state index contributed by atoms with van der Waals surface area (Å²) in [5.41, 5.74) is -1.60. The Bertz CT molecular complexity index is 221. The van der Waals surface area contributed by atoms with Crippen molar-refractivity contribution in [1.82, 2.24) is 0 Å². The molecule has 0 unspecified atom stereocenters. The van der Waals surface area contributed by atoms with Gasteiger partial charge in [-0.3, -0.25) is 0 Å². The van der Waals surface area contributed by atoms with Crippen molar-refractivity contribution in [2.45, 2.75) is 44.8 Å². The van der Waals surface area contributed by atoms with Gasteiger partial charge in [-0.05, 0) is 12.8 Å². The molecule has 12 heavy (non-hydrogen) atoms. The van der Waals surface area contributed by atoms with Crippen LogP contribution in [0.5, 0.6) is 0 Å². The second-order valence-electron chi connectivity index (χ2n) is 4.23. The van der Waals surface area contributed by atoms with Crippen molar-refractivity contribution in [2.75, 3.05) is 0 Å². The third-order valence-electron chi connectivity index (χ3n) is 2.69. The Morgan fingerprint density at radius 2 is 2.00 bits per heavy atom. The van der Waals surface area contributed by atoms with E-state index in [-0.39, 0.29) is 5.92 Å². The monoisotopic (exact) mass is 171 g/mol. The van der Waals surface area contributed by atoms with Gasteiger partial charge in [0, 0.05) is 12.8 Å². The van der Waals surface area contributed by atoms with Gasteiger partial charge in [0.2, 0.25) is 6.08 Å². The van der Waals surface area contributed by atoms with Gasteiger partial charge in [-0.2, -0.15) is 4.99 Å². The predicted octanol–water partition coefficient (Wildman–Crippen LogP) is 2.24. The van der Waals surface area contributed by atoms with E-state index in [2.05, 4.69) is 4.99 Å². The molecule has 1 aliphatic carbocycles. The first-order valence-corrected chi connectivity index (χ1v) is 4.20. The van der Waals surface area contributed by atoms with E-state index in [9.17, 15) is 9.18 Å². The maximum atomic E-state index is 13.2. The molecule has 0 aromatic heterocycles. The molecule has 0 spiro atoms. The molecule has 0 heterocycles. The summed E-state index contributed by atoms with van der Waals surface area (Å²) in [6.07, 6.45) is 2.25. The molecule has 1 fully saturated rings. The van der Waals surface area contributed by atoms with Crippen molar-refractivity contribution < 1.29 is 9.18 Å². The molecule has 0 bridgehead atoms. The van der Waals surface area contributed by atoms with Crippen LogP contribution in [0.1, 0.15) is 33.6 Å². The SMILES string of the molecule is CC(C)C1(N=C=O)CC(C)(F)C1. The number of hydrogen-bond donors (Lipinski definition) is 0. The third-order valence-corrected chi connectivity index (χ3v) is 2.69. The Morgan fingerprint density at radius 3 is 2.25 bits per heavy atom. The molecule has 1 rings (SSSR count). The number of rotatable bonds is 2. The van der Waals surface area contributed by atoms with Crippen LogP contribution in [0, 0.1) is 5.92 Å². The Labute approximate surface area is 71.9 Å². The van der Waals surface area contributed by atoms with Crippen LogP contribution in [0.3, 0.4) is 0 Å². The van der Waals surface area contributed by atoms with E-state index < -0.39 is 11.2 Å². The summed E-state index contributed by atoms with van der Waals surface area (Å²) >= 11 is 0. The molecule has 0 saturated heterocycles. The van der Waals surface area contributed by atoms with Crippen molar-refractivity contribution in [3.05, 3.63) is 0 Å². The van der Waals surface area contributed by atoms with Crippen molar-refractivity contribution in [2.24, 2.45) is 10.9 Å². The maximum Gasteiger partial charge on any atom is 0.235 e. The lowest BCUT2D eigenvalue weighted by atomic mass is 9.62. The highest BCUT2D eigenvalue weighted by atomic mass is 19.1. The van der Waals surface area contributed by atoms with Gasteiger partial charge in [0.15, 0.2) is 0 Å². The highest BCUT2D eigenvalue weighted by Gasteiger charge is 2.54. The number of hydrogen-bond acceptors (Lipinski definition) is 2. The zero-order chi connectivity index (χ0) is 9.41. The number of aliphatic imine (C=N–C) groups is 1. The fraction of sp³-hybridized carbons (Fsp3) is 0.889. The molecular weight excluding hydrogens is 157 g/mol. The zero-order valence-electron chi connectivity index (χ0n) is 7.72. The van der Waals surface area contributed by atoms with E-state index in [1.807, 2.05) is 13.8 Å². The normalized spacial score (nSPS) is 40.4. The molecule has 0 radical (unpaired) electrons. The minimum Gasteiger partial charge on any atom is -0.244 e. The number of isocyanates is 1. The summed E-state index contributed by atoms with van der Waals surface area (Å²) in [7, 11) is 0. The minimum absolute atomic E-state index is 0.211. The van der Waals surface area contributed by atoms with Crippen LogP contribution in [0.4, 0.5) is 4.39 Å². The van der Waals surface area contributed by atoms with E-state index in [1.54, 1.807) is 6.92 Å². The van der Waals surface area contributed by atoms with E-state index in [4.69, 9.17) is 0 Å². The van der Waals surface area contributed by atoms with Gasteiger partial charge in [0.1, 0.15) is 5.67 Å². The summed E-state index contributed by atoms with van der Waals surface area (Å²) < 4.78 is 13.2. The highest BCUT2D eigenvalue weighted by molar-refractivity contribution is 5.36. The number of nitrogens with zero attached hydrogens (tertiary/aromatic N) is 1. The maximum absolute atomic E-state index is 13.2. The van der Waals surface area contributed by atoms with Gasteiger partial charge in [-0.1, -0.05) is 13.8 Å². The summed E-state index contributed by atoms with van der Waals surface area (Å²) in [6, 6.07) is 0. The van der Waals surface area contributed by atoms with Crippen LogP contribution in [0.2, 0.25) is 0 Å². The Balaban J connectivity index is 2.75. The van der Waals surface area contributed by atoms with E-state index >= 15 is 0 Å². The number of alkyl halides is 1. The minimum atomic E-state index is -1.13. The summed E-state index contributed by atoms with van der Waals surface area (Å²) in [5, 5.41) is 0. The van der Waals surface area contributed by atoms with Crippen molar-refractivity contribution in [3.8, 4) is 0 Å². The van der Waals surface area contributed by atoms with Crippen LogP contribution in [-0.2, 0) is 4.79 Å². The number of carbonyl (C=O) groups excluding carboxylic acids is 1. The third kappa shape index (κ3) is 1.42. The lowest BCUT2D eigenvalue weighted by molar-refractivity contribution is -0.0187. The molecule has 0 aliphatic heterocycles. The quantitative estimate of drug-likeness (QED) is 0.462. The van der Waals surface area contributed by atoms with Crippen LogP contribution < -0.4 is 0 Å². The average Bonchev–Trinajstić information content (AvgIpc) is 1.83. The topological polar surface area (TPSA) is 29.4 Å².